The van der Waals surface area contributed by atoms with Crippen molar-refractivity contribution in [2.24, 2.45) is 0 Å². The van der Waals surface area contributed by atoms with Crippen molar-refractivity contribution < 1.29 is 33.6 Å². The molecule has 7 heteroatoms. The second kappa shape index (κ2) is 23.1. The third-order valence-electron chi connectivity index (χ3n) is 7.59. The summed E-state index contributed by atoms with van der Waals surface area (Å²) in [4.78, 5) is 24.7. The van der Waals surface area contributed by atoms with Crippen LogP contribution in [-0.4, -0.2) is 50.1 Å². The SMILES string of the molecule is COc1cc(/C=C/C(=O)OC[C@H]2COC(=O)CCCCCCCCCCCCCCCCCCCCO2)ccc1O. The fourth-order valence-electron chi connectivity index (χ4n) is 5.04. The molecule has 0 saturated carbocycles. The van der Waals surface area contributed by atoms with Gasteiger partial charge in [0, 0.05) is 19.1 Å². The zero-order valence-corrected chi connectivity index (χ0v) is 25.4. The van der Waals surface area contributed by atoms with Crippen LogP contribution in [0.2, 0.25) is 0 Å². The second-order valence-corrected chi connectivity index (χ2v) is 11.2. The van der Waals surface area contributed by atoms with Crippen LogP contribution in [0.15, 0.2) is 24.3 Å². The lowest BCUT2D eigenvalue weighted by Crippen LogP contribution is -2.28. The van der Waals surface area contributed by atoms with Crippen molar-refractivity contribution in [1.29, 1.82) is 0 Å². The summed E-state index contributed by atoms with van der Waals surface area (Å²) in [6, 6.07) is 4.80. The molecular formula is C34H54O7. The van der Waals surface area contributed by atoms with Crippen LogP contribution in [0.5, 0.6) is 11.5 Å². The highest BCUT2D eigenvalue weighted by atomic mass is 16.6. The van der Waals surface area contributed by atoms with Crippen LogP contribution in [0, 0.1) is 0 Å². The number of benzene rings is 1. The summed E-state index contributed by atoms with van der Waals surface area (Å²) >= 11 is 0. The lowest BCUT2D eigenvalue weighted by Gasteiger charge is -2.18. The van der Waals surface area contributed by atoms with Crippen LogP contribution in [0.3, 0.4) is 0 Å². The van der Waals surface area contributed by atoms with Crippen molar-refractivity contribution >= 4 is 18.0 Å². The van der Waals surface area contributed by atoms with E-state index < -0.39 is 12.1 Å². The van der Waals surface area contributed by atoms with Gasteiger partial charge in [-0.1, -0.05) is 109 Å². The molecule has 0 radical (unpaired) electrons. The van der Waals surface area contributed by atoms with E-state index in [1.165, 1.54) is 109 Å². The third-order valence-corrected chi connectivity index (χ3v) is 7.59. The van der Waals surface area contributed by atoms with Crippen LogP contribution >= 0.6 is 0 Å². The lowest BCUT2D eigenvalue weighted by atomic mass is 10.0. The van der Waals surface area contributed by atoms with E-state index in [1.54, 1.807) is 18.2 Å². The molecule has 1 aromatic rings. The quantitative estimate of drug-likeness (QED) is 0.279. The highest BCUT2D eigenvalue weighted by Crippen LogP contribution is 2.26. The number of aromatic hydroxyl groups is 1. The first-order chi connectivity index (χ1) is 20.1. The van der Waals surface area contributed by atoms with Crippen molar-refractivity contribution in [1.82, 2.24) is 0 Å². The molecule has 1 aromatic carbocycles. The van der Waals surface area contributed by atoms with Crippen molar-refractivity contribution in [2.45, 2.75) is 128 Å². The van der Waals surface area contributed by atoms with Crippen LogP contribution in [0.25, 0.3) is 6.08 Å². The first-order valence-electron chi connectivity index (χ1n) is 16.1. The van der Waals surface area contributed by atoms with Crippen LogP contribution in [0.4, 0.5) is 0 Å². The van der Waals surface area contributed by atoms with Gasteiger partial charge in [0.2, 0.25) is 0 Å². The minimum Gasteiger partial charge on any atom is -0.504 e. The monoisotopic (exact) mass is 574 g/mol. The number of phenols is 1. The molecule has 1 saturated heterocycles. The summed E-state index contributed by atoms with van der Waals surface area (Å²) < 4.78 is 22.0. The molecule has 7 nitrogen and oxygen atoms in total. The molecule has 1 N–H and O–H groups in total. The second-order valence-electron chi connectivity index (χ2n) is 11.2. The Hall–Kier alpha value is -2.54. The number of cyclic esters (lactones) is 1. The maximum atomic E-state index is 12.3. The van der Waals surface area contributed by atoms with Gasteiger partial charge in [0.15, 0.2) is 11.5 Å². The highest BCUT2D eigenvalue weighted by Gasteiger charge is 2.15. The normalized spacial score (nSPS) is 20.8. The number of ether oxygens (including phenoxy) is 4. The average molecular weight is 575 g/mol. The largest absolute Gasteiger partial charge is 0.504 e. The minimum absolute atomic E-state index is 0.00928. The number of carbonyl (C=O) groups excluding carboxylic acids is 2. The molecule has 232 valence electrons. The molecule has 0 amide bonds. The van der Waals surface area contributed by atoms with E-state index in [0.29, 0.717) is 24.3 Å². The van der Waals surface area contributed by atoms with Gasteiger partial charge in [0.1, 0.15) is 19.3 Å². The standard InChI is InChI=1S/C34H54O7/c1-38-32-26-29(21-23-31(32)35)22-24-34(37)41-28-30-27-40-33(36)20-18-16-14-12-10-8-6-4-2-3-5-7-9-11-13-15-17-19-25-39-30/h21-24,26,30,35H,2-20,25,27-28H2,1H3/b24-22+/t30-/m1/s1. The number of rotatable bonds is 5. The van der Waals surface area contributed by atoms with E-state index in [4.69, 9.17) is 18.9 Å². The molecule has 1 fully saturated rings. The summed E-state index contributed by atoms with van der Waals surface area (Å²) in [6.07, 6.45) is 25.1. The van der Waals surface area contributed by atoms with E-state index in [0.717, 1.165) is 25.7 Å². The molecule has 0 unspecified atom stereocenters. The molecule has 1 heterocycles. The Kier molecular flexibility index (Phi) is 19.5. The molecule has 0 spiro atoms. The van der Waals surface area contributed by atoms with Crippen molar-refractivity contribution in [3.63, 3.8) is 0 Å². The number of hydrogen-bond acceptors (Lipinski definition) is 7. The van der Waals surface area contributed by atoms with E-state index in [1.807, 2.05) is 0 Å². The fourth-order valence-corrected chi connectivity index (χ4v) is 5.04. The summed E-state index contributed by atoms with van der Waals surface area (Å²) in [7, 11) is 1.47. The summed E-state index contributed by atoms with van der Waals surface area (Å²) in [5.41, 5.74) is 0.692. The van der Waals surface area contributed by atoms with Gasteiger partial charge >= 0.3 is 11.9 Å². The number of esters is 2. The molecule has 1 aliphatic heterocycles. The summed E-state index contributed by atoms with van der Waals surface area (Å²) in [5, 5.41) is 9.73. The minimum atomic E-state index is -0.521. The molecule has 0 aliphatic carbocycles. The Morgan fingerprint density at radius 3 is 1.95 bits per heavy atom. The van der Waals surface area contributed by atoms with Crippen LogP contribution in [-0.2, 0) is 23.8 Å². The van der Waals surface area contributed by atoms with E-state index in [2.05, 4.69) is 0 Å². The first-order valence-corrected chi connectivity index (χ1v) is 16.1. The zero-order chi connectivity index (χ0) is 29.4. The van der Waals surface area contributed by atoms with Gasteiger partial charge in [-0.2, -0.15) is 0 Å². The van der Waals surface area contributed by atoms with Gasteiger partial charge in [-0.3, -0.25) is 4.79 Å². The smallest absolute Gasteiger partial charge is 0.330 e. The molecule has 1 atom stereocenters. The molecular weight excluding hydrogens is 520 g/mol. The molecule has 41 heavy (non-hydrogen) atoms. The summed E-state index contributed by atoms with van der Waals surface area (Å²) in [5.74, 6) is -0.391. The number of carbonyl (C=O) groups is 2. The number of phenolic OH excluding ortho intramolecular Hbond substituents is 1. The maximum absolute atomic E-state index is 12.3. The zero-order valence-electron chi connectivity index (χ0n) is 25.4. The Labute approximate surface area is 248 Å². The Morgan fingerprint density at radius 2 is 1.39 bits per heavy atom. The Balaban J connectivity index is 1.79. The Bertz CT molecular complexity index is 867. The van der Waals surface area contributed by atoms with Gasteiger partial charge in [-0.05, 0) is 36.6 Å². The van der Waals surface area contributed by atoms with Gasteiger partial charge in [0.25, 0.3) is 0 Å². The van der Waals surface area contributed by atoms with Gasteiger partial charge in [-0.25, -0.2) is 4.79 Å². The van der Waals surface area contributed by atoms with Crippen molar-refractivity contribution in [2.75, 3.05) is 26.9 Å². The fraction of sp³-hybridized carbons (Fsp3) is 0.706. The molecule has 1 aliphatic rings. The highest BCUT2D eigenvalue weighted by molar-refractivity contribution is 5.87. The summed E-state index contributed by atoms with van der Waals surface area (Å²) in [6.45, 7) is 0.628. The lowest BCUT2D eigenvalue weighted by molar-refractivity contribution is -0.153. The van der Waals surface area contributed by atoms with Gasteiger partial charge < -0.3 is 24.1 Å². The average Bonchev–Trinajstić information content (AvgIpc) is 2.97. The van der Waals surface area contributed by atoms with Crippen molar-refractivity contribution in [3.05, 3.63) is 29.8 Å². The number of hydrogen-bond donors (Lipinski definition) is 1. The number of methoxy groups -OCH3 is 1. The van der Waals surface area contributed by atoms with E-state index >= 15 is 0 Å². The maximum Gasteiger partial charge on any atom is 0.330 e. The third kappa shape index (κ3) is 17.8. The molecule has 2 rings (SSSR count). The topological polar surface area (TPSA) is 91.3 Å². The molecule has 0 bridgehead atoms. The Morgan fingerprint density at radius 1 is 0.854 bits per heavy atom. The van der Waals surface area contributed by atoms with Gasteiger partial charge in [0.05, 0.1) is 7.11 Å². The van der Waals surface area contributed by atoms with Crippen molar-refractivity contribution in [3.8, 4) is 11.5 Å². The van der Waals surface area contributed by atoms with Gasteiger partial charge in [-0.15, -0.1) is 0 Å². The van der Waals surface area contributed by atoms with E-state index in [9.17, 15) is 14.7 Å². The first kappa shape index (κ1) is 34.7. The van der Waals surface area contributed by atoms with Crippen LogP contribution < -0.4 is 4.74 Å². The molecule has 0 aromatic heterocycles. The van der Waals surface area contributed by atoms with Crippen LogP contribution in [0.1, 0.15) is 128 Å². The van der Waals surface area contributed by atoms with E-state index in [-0.39, 0.29) is 24.9 Å². The predicted molar refractivity (Wildman–Crippen MR) is 163 cm³/mol. The predicted octanol–water partition coefficient (Wildman–Crippen LogP) is 8.31.